The first kappa shape index (κ1) is 60.9. The molecular weight excluding hydrogens is 1190 g/mol. The fourth-order valence-electron chi connectivity index (χ4n) is 11.9. The largest absolute Gasteiger partial charge is 0.353 e. The van der Waals surface area contributed by atoms with Gasteiger partial charge in [-0.05, 0) is 101 Å². The van der Waals surface area contributed by atoms with Crippen LogP contribution in [0.3, 0.4) is 0 Å². The van der Waals surface area contributed by atoms with Gasteiger partial charge in [-0.3, -0.25) is 0 Å². The molecule has 5 aliphatic rings. The lowest BCUT2D eigenvalue weighted by Crippen LogP contribution is -2.30. The minimum atomic E-state index is 0.707. The molecule has 0 unspecified atom stereocenters. The van der Waals surface area contributed by atoms with Gasteiger partial charge in [-0.1, -0.05) is 170 Å². The van der Waals surface area contributed by atoms with E-state index in [0.29, 0.717) is 11.9 Å². The van der Waals surface area contributed by atoms with Crippen molar-refractivity contribution in [3.63, 3.8) is 0 Å². The van der Waals surface area contributed by atoms with E-state index in [-0.39, 0.29) is 0 Å². The average Bonchev–Trinajstić information content (AvgIpc) is 0.840. The summed E-state index contributed by atoms with van der Waals surface area (Å²) >= 11 is 0. The maximum Gasteiger partial charge on any atom is 0.212 e. The predicted molar refractivity (Wildman–Crippen MR) is 399 cm³/mol. The van der Waals surface area contributed by atoms with Crippen molar-refractivity contribution < 1.29 is 0 Å². The summed E-state index contributed by atoms with van der Waals surface area (Å²) in [6.07, 6.45) is 9.27. The van der Waals surface area contributed by atoms with Crippen LogP contribution >= 0.6 is 0 Å². The molecule has 11 aromatic carbocycles. The van der Waals surface area contributed by atoms with Gasteiger partial charge >= 0.3 is 0 Å². The van der Waals surface area contributed by atoms with E-state index in [1.807, 2.05) is 85.7 Å². The van der Waals surface area contributed by atoms with Gasteiger partial charge in [-0.2, -0.15) is 25.5 Å². The van der Waals surface area contributed by atoms with E-state index in [1.54, 1.807) is 0 Å². The Morgan fingerprint density at radius 2 is 0.552 bits per heavy atom. The van der Waals surface area contributed by atoms with Crippen molar-refractivity contribution in [2.24, 2.45) is 50.5 Å². The zero-order valence-corrected chi connectivity index (χ0v) is 52.5. The molecule has 0 saturated carbocycles. The van der Waals surface area contributed by atoms with E-state index in [2.05, 4.69) is 256 Å². The number of aromatic nitrogens is 1. The standard InChI is InChI=1S/C22H22N8.2C18H16N4.C17H15N5/c1-2-6-17-15(4-1)12-19-16(13-27-29-21-23-8-9-24-21)5-3-7-18(19)20(17)14-28-30-22-25-10-11-26-22;1-3-7-15-13(5-1)11-14-6-2-4-8-16(14)17(15)12-21-22-18-19-9-10-20-18;1-2-5-14-11-17-15(10-13(14)4-1)6-3-7-16(17)12-21-22-18-19-8-9-20-18;1-3-7-15-12(5-1)14(11-20-22-17-18-9-10-19-17)13-6-2-4-8-16(13)21-15/h1-7,12-14H,8-11H2,(H2,23,24,29)(H2,25,26,30);1-8,11-12H,9-10H2,(H2,19,20,22);1-7,10-12H,8-9H2,(H2,19,20,22);1-8,11H,9-10H2,(H2,18,19,22)/b27-13+,28-14+;2*21-12+;20-11+. The Kier molecular flexibility index (Phi) is 18.9. The van der Waals surface area contributed by atoms with E-state index >= 15 is 0 Å². The SMILES string of the molecule is C(=N\NC1=NCCN1)/c1c2ccccc2cc2ccccc12.C(=N\NC1=NCCN1)/c1c2ccccc2nc2ccccc12.C(=N\NC1=NCCN1)/c1cccc2c(/C=N/NC3=NCCN3)c3ccccc3cc12.C(=N\NC1=NCCN1)/c1cccc2cc3ccccc3cc12. The van der Waals surface area contributed by atoms with E-state index in [0.717, 1.165) is 154 Å². The summed E-state index contributed by atoms with van der Waals surface area (Å²) in [4.78, 5) is 26.1. The first-order valence-corrected chi connectivity index (χ1v) is 32.0. The van der Waals surface area contributed by atoms with E-state index < -0.39 is 0 Å². The van der Waals surface area contributed by atoms with Gasteiger partial charge in [0.2, 0.25) is 29.8 Å². The number of guanidine groups is 5. The van der Waals surface area contributed by atoms with Crippen molar-refractivity contribution in [3.8, 4) is 0 Å². The van der Waals surface area contributed by atoms with Gasteiger partial charge in [0.25, 0.3) is 0 Å². The van der Waals surface area contributed by atoms with Crippen molar-refractivity contribution >= 4 is 147 Å². The lowest BCUT2D eigenvalue weighted by Gasteiger charge is -2.10. The number of hydrogen-bond donors (Lipinski definition) is 10. The highest BCUT2D eigenvalue weighted by atomic mass is 15.4. The number of hydrazone groups is 5. The first-order chi connectivity index (χ1) is 47.6. The molecule has 0 aliphatic carbocycles. The summed E-state index contributed by atoms with van der Waals surface area (Å²) in [7, 11) is 0. The van der Waals surface area contributed by atoms with Crippen LogP contribution in [-0.4, -0.2) is 131 Å². The second kappa shape index (κ2) is 29.7. The zero-order valence-electron chi connectivity index (χ0n) is 52.5. The number of para-hydroxylation sites is 2. The Hall–Kier alpha value is -12.7. The Morgan fingerprint density at radius 1 is 0.260 bits per heavy atom. The minimum absolute atomic E-state index is 0.707. The van der Waals surface area contributed by atoms with Crippen LogP contribution in [0.4, 0.5) is 0 Å². The van der Waals surface area contributed by atoms with Crippen LogP contribution in [0.25, 0.3) is 86.4 Å². The summed E-state index contributed by atoms with van der Waals surface area (Å²) in [6, 6.07) is 71.1. The molecule has 0 atom stereocenters. The van der Waals surface area contributed by atoms with Crippen molar-refractivity contribution in [1.82, 2.24) is 58.7 Å². The molecule has 0 fully saturated rings. The summed E-state index contributed by atoms with van der Waals surface area (Å²) < 4.78 is 0. The maximum absolute atomic E-state index is 4.71. The molecule has 0 bridgehead atoms. The van der Waals surface area contributed by atoms with Crippen molar-refractivity contribution in [1.29, 1.82) is 0 Å². The van der Waals surface area contributed by atoms with Crippen LogP contribution in [0, 0.1) is 0 Å². The quantitative estimate of drug-likeness (QED) is 0.0350. The van der Waals surface area contributed by atoms with Crippen LogP contribution in [0.5, 0.6) is 0 Å². The molecule has 6 heterocycles. The number of hydrogen-bond acceptors (Lipinski definition) is 21. The highest BCUT2D eigenvalue weighted by molar-refractivity contribution is 6.17. The molecule has 0 saturated heterocycles. The van der Waals surface area contributed by atoms with Crippen LogP contribution in [0.2, 0.25) is 0 Å². The number of nitrogens with one attached hydrogen (secondary N) is 10. The topological polar surface area (TPSA) is 257 Å². The fourth-order valence-corrected chi connectivity index (χ4v) is 11.9. The molecule has 474 valence electrons. The normalized spacial score (nSPS) is 15.0. The van der Waals surface area contributed by atoms with Crippen molar-refractivity contribution in [2.45, 2.75) is 0 Å². The van der Waals surface area contributed by atoms with E-state index in [1.165, 1.54) is 43.1 Å². The van der Waals surface area contributed by atoms with Gasteiger partial charge in [0.1, 0.15) is 0 Å². The second-order valence-electron chi connectivity index (χ2n) is 22.6. The highest BCUT2D eigenvalue weighted by Crippen LogP contribution is 2.31. The molecule has 96 heavy (non-hydrogen) atoms. The number of nitrogens with zero attached hydrogens (tertiary/aromatic N) is 11. The monoisotopic (exact) mass is 1260 g/mol. The lowest BCUT2D eigenvalue weighted by atomic mass is 9.95. The Labute approximate surface area is 553 Å². The highest BCUT2D eigenvalue weighted by Gasteiger charge is 2.13. The molecule has 5 aliphatic heterocycles. The molecule has 0 spiro atoms. The number of benzene rings is 11. The molecule has 21 heteroatoms. The Balaban J connectivity index is 0.000000111. The second-order valence-corrected chi connectivity index (χ2v) is 22.6. The third-order valence-corrected chi connectivity index (χ3v) is 16.4. The summed E-state index contributed by atoms with van der Waals surface area (Å²) in [5.74, 6) is 3.61. The molecule has 12 aromatic rings. The van der Waals surface area contributed by atoms with Gasteiger partial charge in [0.05, 0.1) is 74.8 Å². The first-order valence-electron chi connectivity index (χ1n) is 32.0. The molecule has 17 rings (SSSR count). The summed E-state index contributed by atoms with van der Waals surface area (Å²) in [6.45, 7) is 8.23. The smallest absolute Gasteiger partial charge is 0.212 e. The molecule has 10 N–H and O–H groups in total. The fraction of sp³-hybridized carbons (Fsp3) is 0.133. The summed E-state index contributed by atoms with van der Waals surface area (Å²) in [5.41, 5.74) is 22.1. The third kappa shape index (κ3) is 14.5. The van der Waals surface area contributed by atoms with Gasteiger partial charge < -0.3 is 26.6 Å². The molecular formula is C75H69N21. The Bertz CT molecular complexity index is 4890. The van der Waals surface area contributed by atoms with Crippen molar-refractivity contribution in [3.05, 3.63) is 234 Å². The number of fused-ring (bicyclic) bond motifs is 8. The Morgan fingerprint density at radius 3 is 0.990 bits per heavy atom. The van der Waals surface area contributed by atoms with Gasteiger partial charge in [0.15, 0.2) is 0 Å². The number of pyridine rings is 1. The zero-order chi connectivity index (χ0) is 64.5. The van der Waals surface area contributed by atoms with Crippen LogP contribution < -0.4 is 53.7 Å². The number of aliphatic imine (C=N–C) groups is 5. The molecule has 0 amide bonds. The molecule has 0 radical (unpaired) electrons. The molecule has 21 nitrogen and oxygen atoms in total. The van der Waals surface area contributed by atoms with Crippen LogP contribution in [0.1, 0.15) is 27.8 Å². The van der Waals surface area contributed by atoms with Gasteiger partial charge in [-0.25, -0.2) is 57.1 Å². The van der Waals surface area contributed by atoms with Crippen LogP contribution in [0.15, 0.2) is 257 Å². The number of rotatable bonds is 10. The van der Waals surface area contributed by atoms with Crippen molar-refractivity contribution in [2.75, 3.05) is 65.4 Å². The average molecular weight is 1260 g/mol. The van der Waals surface area contributed by atoms with E-state index in [4.69, 9.17) is 4.98 Å². The van der Waals surface area contributed by atoms with Crippen LogP contribution in [-0.2, 0) is 0 Å². The predicted octanol–water partition coefficient (Wildman–Crippen LogP) is 9.78. The maximum atomic E-state index is 4.71. The lowest BCUT2D eigenvalue weighted by molar-refractivity contribution is 0.920. The van der Waals surface area contributed by atoms with E-state index in [9.17, 15) is 0 Å². The third-order valence-electron chi connectivity index (χ3n) is 16.4. The molecule has 1 aromatic heterocycles. The van der Waals surface area contributed by atoms with Gasteiger partial charge in [-0.15, -0.1) is 0 Å². The summed E-state index contributed by atoms with van der Waals surface area (Å²) in [5, 5.41) is 53.9. The minimum Gasteiger partial charge on any atom is -0.353 e. The van der Waals surface area contributed by atoms with Gasteiger partial charge in [0, 0.05) is 71.3 Å².